The highest BCUT2D eigenvalue weighted by atomic mass is 16.3. The monoisotopic (exact) mass is 186 g/mol. The van der Waals surface area contributed by atoms with Gasteiger partial charge in [-0.1, -0.05) is 27.7 Å². The van der Waals surface area contributed by atoms with Crippen LogP contribution in [-0.2, 0) is 4.79 Å². The van der Waals surface area contributed by atoms with E-state index in [1.54, 1.807) is 0 Å². The fourth-order valence-corrected chi connectivity index (χ4v) is 1.02. The van der Waals surface area contributed by atoms with Gasteiger partial charge in [-0.2, -0.15) is 0 Å². The van der Waals surface area contributed by atoms with Gasteiger partial charge < -0.3 is 5.11 Å². The Bertz CT molecular complexity index is 156. The first-order valence-corrected chi connectivity index (χ1v) is 5.05. The summed E-state index contributed by atoms with van der Waals surface area (Å²) in [5, 5.41) is 9.24. The van der Waals surface area contributed by atoms with Gasteiger partial charge >= 0.3 is 0 Å². The van der Waals surface area contributed by atoms with E-state index in [4.69, 9.17) is 0 Å². The summed E-state index contributed by atoms with van der Waals surface area (Å²) in [6, 6.07) is 0. The predicted molar refractivity (Wildman–Crippen MR) is 54.6 cm³/mol. The molecule has 1 unspecified atom stereocenters. The highest BCUT2D eigenvalue weighted by Crippen LogP contribution is 2.21. The smallest absolute Gasteiger partial charge is 0.135 e. The first-order chi connectivity index (χ1) is 5.85. The van der Waals surface area contributed by atoms with Crippen molar-refractivity contribution in [2.24, 2.45) is 5.41 Å². The molecule has 0 aromatic carbocycles. The molecular weight excluding hydrogens is 164 g/mol. The Kier molecular flexibility index (Phi) is 5.23. The molecule has 0 aliphatic carbocycles. The van der Waals surface area contributed by atoms with Crippen LogP contribution in [0.5, 0.6) is 0 Å². The van der Waals surface area contributed by atoms with Gasteiger partial charge in [-0.15, -0.1) is 0 Å². The third kappa shape index (κ3) is 7.97. The summed E-state index contributed by atoms with van der Waals surface area (Å²) in [4.78, 5) is 11.3. The lowest BCUT2D eigenvalue weighted by atomic mass is 9.89. The zero-order chi connectivity index (χ0) is 10.5. The molecule has 13 heavy (non-hydrogen) atoms. The normalized spacial score (nSPS) is 14.2. The number of rotatable bonds is 5. The fourth-order valence-electron chi connectivity index (χ4n) is 1.02. The molecule has 0 aromatic rings. The van der Waals surface area contributed by atoms with Crippen molar-refractivity contribution in [3.8, 4) is 0 Å². The van der Waals surface area contributed by atoms with Gasteiger partial charge in [0.15, 0.2) is 0 Å². The minimum absolute atomic E-state index is 0.185. The van der Waals surface area contributed by atoms with Crippen LogP contribution in [0, 0.1) is 5.41 Å². The Morgan fingerprint density at radius 2 is 1.92 bits per heavy atom. The number of hydrogen-bond acceptors (Lipinski definition) is 2. The lowest BCUT2D eigenvalue weighted by Crippen LogP contribution is -2.14. The van der Waals surface area contributed by atoms with Crippen LogP contribution < -0.4 is 0 Å². The maximum Gasteiger partial charge on any atom is 0.135 e. The summed E-state index contributed by atoms with van der Waals surface area (Å²) in [6.45, 7) is 8.26. The summed E-state index contributed by atoms with van der Waals surface area (Å²) in [7, 11) is 0. The van der Waals surface area contributed by atoms with Gasteiger partial charge in [-0.3, -0.25) is 4.79 Å². The van der Waals surface area contributed by atoms with Crippen LogP contribution in [0.15, 0.2) is 0 Å². The van der Waals surface area contributed by atoms with Crippen LogP contribution >= 0.6 is 0 Å². The molecule has 0 bridgehead atoms. The molecule has 2 heteroatoms. The van der Waals surface area contributed by atoms with Crippen LogP contribution in [-0.4, -0.2) is 17.0 Å². The number of aliphatic hydroxyl groups excluding tert-OH is 1. The highest BCUT2D eigenvalue weighted by Gasteiger charge is 2.14. The Morgan fingerprint density at radius 1 is 1.38 bits per heavy atom. The largest absolute Gasteiger partial charge is 0.393 e. The second-order valence-electron chi connectivity index (χ2n) is 4.87. The second kappa shape index (κ2) is 5.38. The lowest BCUT2D eigenvalue weighted by Gasteiger charge is -2.17. The van der Waals surface area contributed by atoms with Crippen molar-refractivity contribution in [3.05, 3.63) is 0 Å². The second-order valence-corrected chi connectivity index (χ2v) is 4.87. The third-order valence-corrected chi connectivity index (χ3v) is 2.09. The molecule has 0 aliphatic rings. The van der Waals surface area contributed by atoms with E-state index in [0.29, 0.717) is 19.3 Å². The number of aliphatic hydroxyl groups is 1. The van der Waals surface area contributed by atoms with Crippen molar-refractivity contribution in [2.45, 2.75) is 59.5 Å². The zero-order valence-electron chi connectivity index (χ0n) is 9.26. The van der Waals surface area contributed by atoms with E-state index < -0.39 is 6.10 Å². The Labute approximate surface area is 81.3 Å². The first kappa shape index (κ1) is 12.6. The molecule has 2 nitrogen and oxygen atoms in total. The minimum Gasteiger partial charge on any atom is -0.393 e. The van der Waals surface area contributed by atoms with E-state index >= 15 is 0 Å². The van der Waals surface area contributed by atoms with Gasteiger partial charge in [0.1, 0.15) is 5.78 Å². The van der Waals surface area contributed by atoms with E-state index in [-0.39, 0.29) is 11.2 Å². The van der Waals surface area contributed by atoms with Gasteiger partial charge in [0, 0.05) is 12.8 Å². The van der Waals surface area contributed by atoms with Gasteiger partial charge in [-0.05, 0) is 18.3 Å². The quantitative estimate of drug-likeness (QED) is 0.716. The van der Waals surface area contributed by atoms with Crippen molar-refractivity contribution in [1.82, 2.24) is 0 Å². The van der Waals surface area contributed by atoms with Crippen molar-refractivity contribution in [1.29, 1.82) is 0 Å². The van der Waals surface area contributed by atoms with E-state index in [0.717, 1.165) is 6.42 Å². The molecule has 0 aromatic heterocycles. The number of hydrogen-bond donors (Lipinski definition) is 1. The molecule has 0 radical (unpaired) electrons. The maximum atomic E-state index is 11.3. The number of carbonyl (C=O) groups is 1. The molecule has 0 fully saturated rings. The molecule has 0 rings (SSSR count). The van der Waals surface area contributed by atoms with E-state index in [9.17, 15) is 9.90 Å². The molecule has 1 atom stereocenters. The first-order valence-electron chi connectivity index (χ1n) is 5.05. The fraction of sp³-hybridized carbons (Fsp3) is 0.909. The maximum absolute atomic E-state index is 11.3. The molecule has 0 aliphatic heterocycles. The SMILES string of the molecule is CCC(O)CC(=O)CCC(C)(C)C. The van der Waals surface area contributed by atoms with E-state index in [2.05, 4.69) is 20.8 Å². The van der Waals surface area contributed by atoms with Gasteiger partial charge in [-0.25, -0.2) is 0 Å². The van der Waals surface area contributed by atoms with Crippen LogP contribution in [0.2, 0.25) is 0 Å². The molecule has 0 heterocycles. The van der Waals surface area contributed by atoms with Crippen LogP contribution in [0.3, 0.4) is 0 Å². The average molecular weight is 186 g/mol. The van der Waals surface area contributed by atoms with Crippen LogP contribution in [0.4, 0.5) is 0 Å². The molecule has 1 N–H and O–H groups in total. The minimum atomic E-state index is -0.438. The summed E-state index contributed by atoms with van der Waals surface area (Å²) < 4.78 is 0. The Morgan fingerprint density at radius 3 is 2.31 bits per heavy atom. The third-order valence-electron chi connectivity index (χ3n) is 2.09. The molecular formula is C11H22O2. The lowest BCUT2D eigenvalue weighted by molar-refractivity contribution is -0.121. The summed E-state index contributed by atoms with van der Waals surface area (Å²) >= 11 is 0. The predicted octanol–water partition coefficient (Wildman–Crippen LogP) is 2.54. The topological polar surface area (TPSA) is 37.3 Å². The van der Waals surface area contributed by atoms with Gasteiger partial charge in [0.25, 0.3) is 0 Å². The van der Waals surface area contributed by atoms with Crippen molar-refractivity contribution >= 4 is 5.78 Å². The standard InChI is InChI=1S/C11H22O2/c1-5-9(12)8-10(13)6-7-11(2,3)4/h9,12H,5-8H2,1-4H3. The summed E-state index contributed by atoms with van der Waals surface area (Å²) in [5.74, 6) is 0.185. The van der Waals surface area contributed by atoms with E-state index in [1.165, 1.54) is 0 Å². The van der Waals surface area contributed by atoms with Gasteiger partial charge in [0.05, 0.1) is 6.10 Å². The van der Waals surface area contributed by atoms with Crippen molar-refractivity contribution < 1.29 is 9.90 Å². The van der Waals surface area contributed by atoms with Crippen LogP contribution in [0.25, 0.3) is 0 Å². The summed E-state index contributed by atoms with van der Waals surface area (Å²) in [6.07, 6.45) is 2.06. The van der Waals surface area contributed by atoms with Crippen molar-refractivity contribution in [2.75, 3.05) is 0 Å². The van der Waals surface area contributed by atoms with Gasteiger partial charge in [0.2, 0.25) is 0 Å². The Balaban J connectivity index is 3.64. The number of ketones is 1. The van der Waals surface area contributed by atoms with Crippen LogP contribution in [0.1, 0.15) is 53.4 Å². The average Bonchev–Trinajstić information content (AvgIpc) is 1.99. The molecule has 0 saturated carbocycles. The molecule has 0 spiro atoms. The highest BCUT2D eigenvalue weighted by molar-refractivity contribution is 5.78. The summed E-state index contributed by atoms with van der Waals surface area (Å²) in [5.41, 5.74) is 0.215. The molecule has 0 amide bonds. The number of carbonyl (C=O) groups excluding carboxylic acids is 1. The van der Waals surface area contributed by atoms with E-state index in [1.807, 2.05) is 6.92 Å². The molecule has 78 valence electrons. The van der Waals surface area contributed by atoms with Crippen molar-refractivity contribution in [3.63, 3.8) is 0 Å². The Hall–Kier alpha value is -0.370. The molecule has 0 saturated heterocycles. The zero-order valence-corrected chi connectivity index (χ0v) is 9.26. The number of Topliss-reactive ketones (excluding diaryl/α,β-unsaturated/α-hetero) is 1.